The molecule has 0 saturated heterocycles. The van der Waals surface area contributed by atoms with Crippen LogP contribution in [0, 0.1) is 0 Å². The van der Waals surface area contributed by atoms with Crippen molar-refractivity contribution in [2.75, 3.05) is 14.2 Å². The highest BCUT2D eigenvalue weighted by atomic mass is 16.7. The molecule has 0 radical (unpaired) electrons. The van der Waals surface area contributed by atoms with E-state index < -0.39 is 29.2 Å². The molecule has 0 saturated carbocycles. The van der Waals surface area contributed by atoms with Crippen LogP contribution in [0.5, 0.6) is 0 Å². The second-order valence-electron chi connectivity index (χ2n) is 3.61. The van der Waals surface area contributed by atoms with Crippen LogP contribution in [0.2, 0.25) is 0 Å². The fourth-order valence-electron chi connectivity index (χ4n) is 1.29. The molecule has 0 spiro atoms. The summed E-state index contributed by atoms with van der Waals surface area (Å²) in [6.45, 7) is 0. The lowest BCUT2D eigenvalue weighted by molar-refractivity contribution is -0.0762. The van der Waals surface area contributed by atoms with E-state index in [1.165, 1.54) is 25.0 Å². The van der Waals surface area contributed by atoms with Gasteiger partial charge >= 0.3 is 5.91 Å². The number of nitrogens with zero attached hydrogens (tertiary/aromatic N) is 5. The summed E-state index contributed by atoms with van der Waals surface area (Å²) in [6.07, 6.45) is 0.652. The van der Waals surface area contributed by atoms with E-state index in [4.69, 9.17) is 8.95 Å². The summed E-state index contributed by atoms with van der Waals surface area (Å²) in [6, 6.07) is -0.703. The number of carbonyl (C=O) groups is 1. The van der Waals surface area contributed by atoms with E-state index >= 15 is 0 Å². The predicted octanol–water partition coefficient (Wildman–Crippen LogP) is -0.401. The van der Waals surface area contributed by atoms with E-state index in [0.29, 0.717) is 0 Å². The van der Waals surface area contributed by atoms with Crippen LogP contribution in [0.4, 0.5) is 0 Å². The largest absolute Gasteiger partial charge is 0.301 e. The Balaban J connectivity index is 2.72. The minimum absolute atomic E-state index is 0.0788. The minimum Gasteiger partial charge on any atom is -0.287 e. The zero-order valence-electron chi connectivity index (χ0n) is 13.5. The third-order valence-corrected chi connectivity index (χ3v) is 2.31. The van der Waals surface area contributed by atoms with Crippen molar-refractivity contribution in [2.24, 2.45) is 7.05 Å². The fourth-order valence-corrected chi connectivity index (χ4v) is 1.29. The number of hydroxylamine groups is 2. The molecule has 0 fully saturated rings. The highest BCUT2D eigenvalue weighted by Crippen LogP contribution is 2.03. The molecule has 8 heteroatoms. The van der Waals surface area contributed by atoms with E-state index in [9.17, 15) is 9.59 Å². The van der Waals surface area contributed by atoms with Crippen molar-refractivity contribution in [3.05, 3.63) is 40.5 Å². The summed E-state index contributed by atoms with van der Waals surface area (Å²) < 4.78 is 25.4. The van der Waals surface area contributed by atoms with Crippen LogP contribution < -0.4 is 5.43 Å². The fraction of sp³-hybridized carbons (Fsp3) is 0.273. The van der Waals surface area contributed by atoms with Gasteiger partial charge in [-0.05, 0) is 0 Å². The average molecular weight is 266 g/mol. The molecule has 0 aliphatic carbocycles. The van der Waals surface area contributed by atoms with Crippen LogP contribution in [-0.2, 0) is 11.9 Å². The molecular weight excluding hydrogens is 250 g/mol. The Kier molecular flexibility index (Phi) is 2.50. The van der Waals surface area contributed by atoms with Crippen LogP contribution >= 0.6 is 0 Å². The van der Waals surface area contributed by atoms with Crippen LogP contribution in [0.1, 0.15) is 14.6 Å². The maximum atomic E-state index is 12.0. The summed E-state index contributed by atoms with van der Waals surface area (Å²) in [7, 11) is 4.09. The molecule has 0 N–H and O–H groups in total. The van der Waals surface area contributed by atoms with Gasteiger partial charge in [-0.15, -0.1) is 0 Å². The number of carbonyl (C=O) groups excluding carboxylic acids is 1. The Morgan fingerprint density at radius 2 is 2.32 bits per heavy atom. The summed E-state index contributed by atoms with van der Waals surface area (Å²) in [4.78, 5) is 28.7. The third kappa shape index (κ3) is 2.52. The number of hydrogen-bond donors (Lipinski definition) is 0. The van der Waals surface area contributed by atoms with E-state index in [2.05, 4.69) is 10.2 Å². The zero-order chi connectivity index (χ0) is 16.6. The molecule has 0 unspecified atom stereocenters. The van der Waals surface area contributed by atoms with Gasteiger partial charge in [0.15, 0.2) is 5.69 Å². The lowest BCUT2D eigenvalue weighted by Gasteiger charge is -2.12. The summed E-state index contributed by atoms with van der Waals surface area (Å²) in [5.41, 5.74) is -1.48. The molecule has 0 aliphatic heterocycles. The summed E-state index contributed by atoms with van der Waals surface area (Å²) in [5, 5.41) is 8.36. The van der Waals surface area contributed by atoms with Crippen molar-refractivity contribution >= 4 is 5.91 Å². The van der Waals surface area contributed by atoms with Gasteiger partial charge < -0.3 is 0 Å². The Labute approximate surface area is 113 Å². The zero-order valence-corrected chi connectivity index (χ0v) is 10.5. The predicted molar refractivity (Wildman–Crippen MR) is 65.7 cm³/mol. The Hall–Kier alpha value is -2.48. The second-order valence-corrected chi connectivity index (χ2v) is 3.61. The second kappa shape index (κ2) is 5.02. The smallest absolute Gasteiger partial charge is 0.287 e. The lowest BCUT2D eigenvalue weighted by Crippen LogP contribution is -2.32. The topological polar surface area (TPSA) is 82.2 Å². The molecule has 0 aliphatic rings. The van der Waals surface area contributed by atoms with Crippen molar-refractivity contribution in [2.45, 2.75) is 0 Å². The first-order valence-electron chi connectivity index (χ1n) is 6.71. The molecular formula is C11H13N5O3. The van der Waals surface area contributed by atoms with Gasteiger partial charge in [0.2, 0.25) is 5.43 Å². The maximum absolute atomic E-state index is 12.0. The summed E-state index contributed by atoms with van der Waals surface area (Å²) in [5.74, 6) is -0.856. The lowest BCUT2D eigenvalue weighted by atomic mass is 10.3. The highest BCUT2D eigenvalue weighted by Gasteiger charge is 2.18. The van der Waals surface area contributed by atoms with Crippen LogP contribution in [-0.4, -0.2) is 44.7 Å². The number of hydrogen-bond acceptors (Lipinski definition) is 5. The van der Waals surface area contributed by atoms with Gasteiger partial charge in [-0.1, -0.05) is 0 Å². The van der Waals surface area contributed by atoms with Gasteiger partial charge in [0.1, 0.15) is 5.69 Å². The monoisotopic (exact) mass is 266 g/mol. The van der Waals surface area contributed by atoms with Crippen LogP contribution in [0.15, 0.2) is 29.4 Å². The van der Waals surface area contributed by atoms with Gasteiger partial charge in [-0.3, -0.25) is 19.1 Å². The first-order chi connectivity index (χ1) is 10.3. The highest BCUT2D eigenvalue weighted by molar-refractivity contribution is 5.91. The van der Waals surface area contributed by atoms with Crippen molar-refractivity contribution in [1.82, 2.24) is 24.6 Å². The molecule has 0 aromatic carbocycles. The number of amides is 1. The quantitative estimate of drug-likeness (QED) is 0.706. The third-order valence-electron chi connectivity index (χ3n) is 2.31. The summed E-state index contributed by atoms with van der Waals surface area (Å²) >= 11 is 0. The molecule has 2 heterocycles. The van der Waals surface area contributed by atoms with Crippen molar-refractivity contribution in [3.8, 4) is 5.69 Å². The molecule has 2 aromatic rings. The first kappa shape index (κ1) is 9.45. The molecule has 0 atom stereocenters. The number of rotatable bonds is 3. The normalized spacial score (nSPS) is 12.7. The van der Waals surface area contributed by atoms with Gasteiger partial charge in [0.25, 0.3) is 0 Å². The van der Waals surface area contributed by atoms with Crippen LogP contribution in [0.3, 0.4) is 0 Å². The van der Waals surface area contributed by atoms with Gasteiger partial charge in [-0.2, -0.15) is 10.2 Å². The van der Waals surface area contributed by atoms with E-state index in [1.54, 1.807) is 7.05 Å². The van der Waals surface area contributed by atoms with Crippen molar-refractivity contribution in [1.29, 1.82) is 0 Å². The Morgan fingerprint density at radius 3 is 2.89 bits per heavy atom. The average Bonchev–Trinajstić information content (AvgIpc) is 2.82. The molecule has 2 aromatic heterocycles. The van der Waals surface area contributed by atoms with Gasteiger partial charge in [0.05, 0.1) is 23.6 Å². The standard InChI is InChI=1S/C11H13N5O3/c1-14-7-8(6-12-14)16-5-4-9(17)10(13-16)11(18)15(2)19-3/h4-7H,1-3H3/i4D,5D,6D. The maximum Gasteiger partial charge on any atom is 0.301 e. The van der Waals surface area contributed by atoms with E-state index in [-0.39, 0.29) is 11.9 Å². The van der Waals surface area contributed by atoms with Crippen LogP contribution in [0.25, 0.3) is 5.69 Å². The molecule has 2 rings (SSSR count). The molecule has 8 nitrogen and oxygen atoms in total. The minimum atomic E-state index is -0.981. The SMILES string of the molecule is [2H]c1nn(C)cc1-n1nc(C(=O)N(C)OC)c(=O)c([2H])c1[2H]. The number of aryl methyl sites for hydroxylation is 1. The molecule has 0 bridgehead atoms. The molecule has 19 heavy (non-hydrogen) atoms. The van der Waals surface area contributed by atoms with E-state index in [0.717, 1.165) is 9.75 Å². The van der Waals surface area contributed by atoms with Gasteiger partial charge in [-0.25, -0.2) is 9.75 Å². The first-order valence-corrected chi connectivity index (χ1v) is 5.21. The van der Waals surface area contributed by atoms with Crippen molar-refractivity contribution < 1.29 is 13.7 Å². The Morgan fingerprint density at radius 1 is 1.58 bits per heavy atom. The van der Waals surface area contributed by atoms with E-state index in [1.807, 2.05) is 0 Å². The molecule has 100 valence electrons. The molecule has 1 amide bonds. The van der Waals surface area contributed by atoms with Crippen molar-refractivity contribution in [3.63, 3.8) is 0 Å². The number of aromatic nitrogens is 4. The van der Waals surface area contributed by atoms with Gasteiger partial charge in [0, 0.05) is 26.3 Å². The Bertz CT molecular complexity index is 801.